The minimum Gasteiger partial charge on any atom is -0.292 e. The summed E-state index contributed by atoms with van der Waals surface area (Å²) in [5, 5.41) is 0. The number of halogens is 1. The van der Waals surface area contributed by atoms with Gasteiger partial charge in [0.1, 0.15) is 5.75 Å². The average Bonchev–Trinajstić information content (AvgIpc) is 2.64. The highest BCUT2D eigenvalue weighted by atomic mass is 79.9. The Kier molecular flexibility index (Phi) is 5.82. The molecule has 3 nitrogen and oxygen atoms in total. The molecular weight excluding hydrogens is 324 g/mol. The third kappa shape index (κ3) is 5.31. The second kappa shape index (κ2) is 6.66. The number of unbranched alkanes of at least 4 members (excludes halogenated alkanes) is 2. The van der Waals surface area contributed by atoms with Crippen LogP contribution in [0.2, 0.25) is 0 Å². The molecule has 0 aliphatic rings. The largest absolute Gasteiger partial charge is 0.292 e. The van der Waals surface area contributed by atoms with Gasteiger partial charge in [0.05, 0.1) is 14.4 Å². The highest BCUT2D eigenvalue weighted by Crippen LogP contribution is 2.22. The van der Waals surface area contributed by atoms with Gasteiger partial charge in [0, 0.05) is 0 Å². The van der Waals surface area contributed by atoms with Crippen molar-refractivity contribution >= 4 is 42.9 Å². The Morgan fingerprint density at radius 3 is 2.59 bits per heavy atom. The molecular formula is C11H15BrO3S2. The number of hydrogen-bond acceptors (Lipinski definition) is 4. The zero-order chi connectivity index (χ0) is 12.9. The normalized spacial score (nSPS) is 11.6. The van der Waals surface area contributed by atoms with Crippen molar-refractivity contribution < 1.29 is 13.2 Å². The lowest BCUT2D eigenvalue weighted by Crippen LogP contribution is -2.18. The number of thiophene rings is 1. The van der Waals surface area contributed by atoms with E-state index in [-0.39, 0.29) is 17.3 Å². The van der Waals surface area contributed by atoms with E-state index in [1.165, 1.54) is 11.3 Å². The zero-order valence-corrected chi connectivity index (χ0v) is 12.8. The number of carbonyl (C=O) groups excluding carboxylic acids is 1. The molecule has 17 heavy (non-hydrogen) atoms. The maximum atomic E-state index is 11.7. The summed E-state index contributed by atoms with van der Waals surface area (Å²) in [7, 11) is -3.25. The Morgan fingerprint density at radius 1 is 1.35 bits per heavy atom. The molecule has 1 aromatic heterocycles. The molecule has 0 saturated heterocycles. The second-order valence-electron chi connectivity index (χ2n) is 3.83. The van der Waals surface area contributed by atoms with Crippen molar-refractivity contribution in [3.05, 3.63) is 20.8 Å². The Hall–Kier alpha value is -0.200. The predicted octanol–water partition coefficient (Wildman–Crippen LogP) is 3.30. The van der Waals surface area contributed by atoms with E-state index in [2.05, 4.69) is 15.9 Å². The Morgan fingerprint density at radius 2 is 2.06 bits per heavy atom. The number of rotatable bonds is 7. The van der Waals surface area contributed by atoms with Gasteiger partial charge in [0.2, 0.25) is 0 Å². The third-order valence-electron chi connectivity index (χ3n) is 2.26. The van der Waals surface area contributed by atoms with Crippen LogP contribution in [0.15, 0.2) is 15.9 Å². The first kappa shape index (κ1) is 14.9. The summed E-state index contributed by atoms with van der Waals surface area (Å²) >= 11 is 4.52. The fraction of sp³-hybridized carbons (Fsp3) is 0.545. The molecule has 1 heterocycles. The predicted molar refractivity (Wildman–Crippen MR) is 74.5 cm³/mol. The van der Waals surface area contributed by atoms with Gasteiger partial charge in [-0.25, -0.2) is 8.42 Å². The van der Waals surface area contributed by atoms with Gasteiger partial charge in [0.25, 0.3) is 0 Å². The number of carbonyl (C=O) groups is 1. The summed E-state index contributed by atoms with van der Waals surface area (Å²) in [5.41, 5.74) is 0. The van der Waals surface area contributed by atoms with E-state index in [0.29, 0.717) is 11.3 Å². The van der Waals surface area contributed by atoms with Crippen molar-refractivity contribution in [3.8, 4) is 0 Å². The zero-order valence-electron chi connectivity index (χ0n) is 9.61. The van der Waals surface area contributed by atoms with Gasteiger partial charge in [-0.3, -0.25) is 4.79 Å². The van der Waals surface area contributed by atoms with Gasteiger partial charge in [-0.05, 0) is 34.5 Å². The molecule has 0 aliphatic carbocycles. The molecule has 0 aromatic carbocycles. The van der Waals surface area contributed by atoms with E-state index in [0.717, 1.165) is 16.6 Å². The molecule has 0 N–H and O–H groups in total. The van der Waals surface area contributed by atoms with Gasteiger partial charge >= 0.3 is 0 Å². The van der Waals surface area contributed by atoms with Gasteiger partial charge in [0.15, 0.2) is 15.6 Å². The highest BCUT2D eigenvalue weighted by Gasteiger charge is 2.18. The summed E-state index contributed by atoms with van der Waals surface area (Å²) in [6.45, 7) is 2.01. The summed E-state index contributed by atoms with van der Waals surface area (Å²) in [6, 6.07) is 3.40. The van der Waals surface area contributed by atoms with E-state index < -0.39 is 9.84 Å². The molecule has 0 bridgehead atoms. The van der Waals surface area contributed by atoms with E-state index >= 15 is 0 Å². The lowest BCUT2D eigenvalue weighted by molar-refractivity contribution is 0.102. The fourth-order valence-corrected chi connectivity index (χ4v) is 4.14. The van der Waals surface area contributed by atoms with Crippen LogP contribution in [0, 0.1) is 0 Å². The van der Waals surface area contributed by atoms with Gasteiger partial charge < -0.3 is 0 Å². The van der Waals surface area contributed by atoms with Crippen molar-refractivity contribution in [2.75, 3.05) is 11.5 Å². The van der Waals surface area contributed by atoms with Crippen LogP contribution in [-0.2, 0) is 9.84 Å². The van der Waals surface area contributed by atoms with Crippen LogP contribution in [-0.4, -0.2) is 25.7 Å². The first-order valence-electron chi connectivity index (χ1n) is 5.43. The Labute approximate surface area is 114 Å². The van der Waals surface area contributed by atoms with Crippen molar-refractivity contribution in [3.63, 3.8) is 0 Å². The minimum absolute atomic E-state index is 0.110. The number of Topliss-reactive ketones (excluding diaryl/α,β-unsaturated/α-hetero) is 1. The van der Waals surface area contributed by atoms with Crippen LogP contribution < -0.4 is 0 Å². The number of ketones is 1. The molecule has 0 atom stereocenters. The van der Waals surface area contributed by atoms with Crippen LogP contribution in [0.1, 0.15) is 35.9 Å². The van der Waals surface area contributed by atoms with E-state index in [1.54, 1.807) is 12.1 Å². The summed E-state index contributed by atoms with van der Waals surface area (Å²) in [5.74, 6) is -0.569. The number of hydrogen-bond donors (Lipinski definition) is 0. The molecule has 96 valence electrons. The molecule has 0 radical (unpaired) electrons. The molecule has 0 fully saturated rings. The first-order valence-corrected chi connectivity index (χ1v) is 8.86. The molecule has 0 aliphatic heterocycles. The lowest BCUT2D eigenvalue weighted by atomic mass is 10.3. The maximum Gasteiger partial charge on any atom is 0.187 e. The average molecular weight is 339 g/mol. The van der Waals surface area contributed by atoms with Crippen LogP contribution in [0.5, 0.6) is 0 Å². The van der Waals surface area contributed by atoms with Crippen LogP contribution >= 0.6 is 27.3 Å². The van der Waals surface area contributed by atoms with Gasteiger partial charge in [-0.15, -0.1) is 11.3 Å². The van der Waals surface area contributed by atoms with E-state index in [1.807, 2.05) is 6.92 Å². The minimum atomic E-state index is -3.25. The molecule has 0 unspecified atom stereocenters. The van der Waals surface area contributed by atoms with Crippen LogP contribution in [0.25, 0.3) is 0 Å². The maximum absolute atomic E-state index is 11.7. The summed E-state index contributed by atoms with van der Waals surface area (Å²) in [6.07, 6.45) is 2.50. The smallest absolute Gasteiger partial charge is 0.187 e. The SMILES string of the molecule is CCCCCS(=O)(=O)CC(=O)c1ccc(Br)s1. The molecule has 0 amide bonds. The topological polar surface area (TPSA) is 51.2 Å². The molecule has 0 saturated carbocycles. The van der Waals surface area contributed by atoms with E-state index in [9.17, 15) is 13.2 Å². The monoisotopic (exact) mass is 338 g/mol. The molecule has 1 aromatic rings. The van der Waals surface area contributed by atoms with Gasteiger partial charge in [-0.1, -0.05) is 19.8 Å². The van der Waals surface area contributed by atoms with Crippen molar-refractivity contribution in [2.45, 2.75) is 26.2 Å². The van der Waals surface area contributed by atoms with Crippen LogP contribution in [0.4, 0.5) is 0 Å². The van der Waals surface area contributed by atoms with Crippen molar-refractivity contribution in [1.29, 1.82) is 0 Å². The first-order chi connectivity index (χ1) is 7.94. The molecule has 1 rings (SSSR count). The third-order valence-corrected chi connectivity index (χ3v) is 5.54. The Bertz CT molecular complexity index is 477. The van der Waals surface area contributed by atoms with Crippen molar-refractivity contribution in [1.82, 2.24) is 0 Å². The van der Waals surface area contributed by atoms with Crippen molar-refractivity contribution in [2.24, 2.45) is 0 Å². The molecule has 0 spiro atoms. The number of sulfone groups is 1. The van der Waals surface area contributed by atoms with E-state index in [4.69, 9.17) is 0 Å². The molecule has 6 heteroatoms. The second-order valence-corrected chi connectivity index (χ2v) is 8.47. The Balaban J connectivity index is 2.56. The summed E-state index contributed by atoms with van der Waals surface area (Å²) in [4.78, 5) is 12.2. The quantitative estimate of drug-likeness (QED) is 0.566. The summed E-state index contributed by atoms with van der Waals surface area (Å²) < 4.78 is 24.2. The lowest BCUT2D eigenvalue weighted by Gasteiger charge is -2.01. The van der Waals surface area contributed by atoms with Crippen LogP contribution in [0.3, 0.4) is 0 Å². The standard InChI is InChI=1S/C11H15BrO3S2/c1-2-3-4-7-17(14,15)8-9(13)10-5-6-11(12)16-10/h5-6H,2-4,7-8H2,1H3. The highest BCUT2D eigenvalue weighted by molar-refractivity contribution is 9.11. The van der Waals surface area contributed by atoms with Gasteiger partial charge in [-0.2, -0.15) is 0 Å². The fourth-order valence-electron chi connectivity index (χ4n) is 1.38.